The first-order valence-electron chi connectivity index (χ1n) is 7.46. The lowest BCUT2D eigenvalue weighted by Crippen LogP contribution is -2.24. The van der Waals surface area contributed by atoms with Crippen molar-refractivity contribution in [2.24, 2.45) is 5.92 Å². The lowest BCUT2D eigenvalue weighted by Gasteiger charge is -2.19. The molecule has 1 fully saturated rings. The van der Waals surface area contributed by atoms with Crippen LogP contribution in [0.5, 0.6) is 0 Å². The summed E-state index contributed by atoms with van der Waals surface area (Å²) in [5.74, 6) is -0.278. The number of hydrogen-bond acceptors (Lipinski definition) is 5. The van der Waals surface area contributed by atoms with Gasteiger partial charge < -0.3 is 10.1 Å². The molecule has 21 heavy (non-hydrogen) atoms. The number of carbonyl (C=O) groups is 2. The Morgan fingerprint density at radius 2 is 1.95 bits per heavy atom. The molecule has 0 aliphatic heterocycles. The van der Waals surface area contributed by atoms with Crippen molar-refractivity contribution in [2.75, 3.05) is 5.32 Å². The molecule has 6 heteroatoms. The molecule has 1 aliphatic rings. The Labute approximate surface area is 129 Å². The Morgan fingerprint density at radius 3 is 2.57 bits per heavy atom. The van der Waals surface area contributed by atoms with Crippen LogP contribution >= 0.6 is 11.3 Å². The van der Waals surface area contributed by atoms with Gasteiger partial charge in [0.15, 0.2) is 5.13 Å². The molecule has 5 nitrogen and oxygen atoms in total. The van der Waals surface area contributed by atoms with Crippen molar-refractivity contribution >= 4 is 28.3 Å². The largest absolute Gasteiger partial charge is 0.459 e. The van der Waals surface area contributed by atoms with E-state index < -0.39 is 0 Å². The van der Waals surface area contributed by atoms with Gasteiger partial charge in [0.2, 0.25) is 5.91 Å². The number of thiazole rings is 1. The van der Waals surface area contributed by atoms with E-state index in [-0.39, 0.29) is 23.9 Å². The van der Waals surface area contributed by atoms with E-state index in [4.69, 9.17) is 4.74 Å². The molecule has 0 atom stereocenters. The number of ether oxygens (including phenoxy) is 1. The van der Waals surface area contributed by atoms with Gasteiger partial charge in [-0.3, -0.25) is 4.79 Å². The monoisotopic (exact) mass is 310 g/mol. The minimum absolute atomic E-state index is 0.0206. The Balaban J connectivity index is 2.01. The number of nitrogens with zero attached hydrogens (tertiary/aromatic N) is 1. The molecule has 116 valence electrons. The molecule has 2 rings (SSSR count). The Hall–Kier alpha value is -1.43. The third-order valence-corrected chi connectivity index (χ3v) is 4.58. The van der Waals surface area contributed by atoms with Gasteiger partial charge in [-0.25, -0.2) is 9.78 Å². The van der Waals surface area contributed by atoms with Gasteiger partial charge in [0.1, 0.15) is 4.88 Å². The van der Waals surface area contributed by atoms with Crippen molar-refractivity contribution in [1.82, 2.24) is 4.98 Å². The van der Waals surface area contributed by atoms with Gasteiger partial charge >= 0.3 is 5.97 Å². The molecule has 1 saturated carbocycles. The van der Waals surface area contributed by atoms with Crippen molar-refractivity contribution in [3.63, 3.8) is 0 Å². The summed E-state index contributed by atoms with van der Waals surface area (Å²) < 4.78 is 5.17. The smallest absolute Gasteiger partial charge is 0.350 e. The molecule has 1 amide bonds. The van der Waals surface area contributed by atoms with E-state index in [2.05, 4.69) is 10.3 Å². The molecule has 0 unspecified atom stereocenters. The van der Waals surface area contributed by atoms with Crippen LogP contribution in [0, 0.1) is 12.8 Å². The standard InChI is InChI=1S/C15H22N2O3S/c1-9(2)20-14(19)12-10(3)16-15(21-12)17-13(18)11-7-5-4-6-8-11/h9,11H,4-8H2,1-3H3,(H,16,17,18). The van der Waals surface area contributed by atoms with Crippen LogP contribution in [0.4, 0.5) is 5.13 Å². The van der Waals surface area contributed by atoms with E-state index in [9.17, 15) is 9.59 Å². The molecule has 1 N–H and O–H groups in total. The number of esters is 1. The highest BCUT2D eigenvalue weighted by Crippen LogP contribution is 2.27. The van der Waals surface area contributed by atoms with Gasteiger partial charge in [-0.15, -0.1) is 0 Å². The van der Waals surface area contributed by atoms with Crippen LogP contribution in [-0.4, -0.2) is 23.0 Å². The highest BCUT2D eigenvalue weighted by atomic mass is 32.1. The summed E-state index contributed by atoms with van der Waals surface area (Å²) in [5.41, 5.74) is 0.601. The molecule has 1 heterocycles. The van der Waals surface area contributed by atoms with E-state index in [1.165, 1.54) is 17.8 Å². The van der Waals surface area contributed by atoms with Gasteiger partial charge in [-0.05, 0) is 33.6 Å². The molecular formula is C15H22N2O3S. The SMILES string of the molecule is Cc1nc(NC(=O)C2CCCCC2)sc1C(=O)OC(C)C. The van der Waals surface area contributed by atoms with E-state index in [0.29, 0.717) is 15.7 Å². The summed E-state index contributed by atoms with van der Waals surface area (Å²) in [4.78, 5) is 28.8. The van der Waals surface area contributed by atoms with Gasteiger partial charge in [0, 0.05) is 5.92 Å². The maximum absolute atomic E-state index is 12.2. The maximum atomic E-state index is 12.2. The topological polar surface area (TPSA) is 68.3 Å². The van der Waals surface area contributed by atoms with Gasteiger partial charge in [0.25, 0.3) is 0 Å². The first-order chi connectivity index (χ1) is 9.97. The van der Waals surface area contributed by atoms with E-state index >= 15 is 0 Å². The lowest BCUT2D eigenvalue weighted by molar-refractivity contribution is -0.120. The summed E-state index contributed by atoms with van der Waals surface area (Å²) in [5, 5.41) is 3.33. The average molecular weight is 310 g/mol. The first kappa shape index (κ1) is 15.9. The normalized spacial score (nSPS) is 16.0. The van der Waals surface area contributed by atoms with Crippen LogP contribution in [0.2, 0.25) is 0 Å². The second-order valence-electron chi connectivity index (χ2n) is 5.71. The highest BCUT2D eigenvalue weighted by molar-refractivity contribution is 7.17. The van der Waals surface area contributed by atoms with E-state index in [0.717, 1.165) is 25.7 Å². The van der Waals surface area contributed by atoms with Crippen LogP contribution in [0.25, 0.3) is 0 Å². The number of rotatable bonds is 4. The van der Waals surface area contributed by atoms with Crippen LogP contribution < -0.4 is 5.32 Å². The molecule has 0 radical (unpaired) electrons. The summed E-state index contributed by atoms with van der Waals surface area (Å²) in [6.45, 7) is 5.36. The van der Waals surface area contributed by atoms with Crippen molar-refractivity contribution in [3.05, 3.63) is 10.6 Å². The first-order valence-corrected chi connectivity index (χ1v) is 8.28. The molecule has 0 aromatic carbocycles. The molecule has 0 spiro atoms. The van der Waals surface area contributed by atoms with Crippen molar-refractivity contribution < 1.29 is 14.3 Å². The molecule has 1 aliphatic carbocycles. The van der Waals surface area contributed by atoms with Gasteiger partial charge in [0.05, 0.1) is 11.8 Å². The fourth-order valence-electron chi connectivity index (χ4n) is 2.48. The number of aromatic nitrogens is 1. The second-order valence-corrected chi connectivity index (χ2v) is 6.71. The van der Waals surface area contributed by atoms with E-state index in [1.807, 2.05) is 0 Å². The van der Waals surface area contributed by atoms with Crippen LogP contribution in [0.15, 0.2) is 0 Å². The maximum Gasteiger partial charge on any atom is 0.350 e. The van der Waals surface area contributed by atoms with Gasteiger partial charge in [-0.2, -0.15) is 0 Å². The van der Waals surface area contributed by atoms with Gasteiger partial charge in [-0.1, -0.05) is 30.6 Å². The predicted octanol–water partition coefficient (Wildman–Crippen LogP) is 3.54. The number of carbonyl (C=O) groups excluding carboxylic acids is 2. The molecule has 0 bridgehead atoms. The second kappa shape index (κ2) is 7.02. The minimum Gasteiger partial charge on any atom is -0.459 e. The Bertz CT molecular complexity index is 519. The molecule has 1 aromatic rings. The average Bonchev–Trinajstić information content (AvgIpc) is 2.80. The third-order valence-electron chi connectivity index (χ3n) is 3.53. The number of anilines is 1. The zero-order valence-corrected chi connectivity index (χ0v) is 13.6. The lowest BCUT2D eigenvalue weighted by atomic mass is 9.89. The highest BCUT2D eigenvalue weighted by Gasteiger charge is 2.23. The van der Waals surface area contributed by atoms with Crippen molar-refractivity contribution in [3.8, 4) is 0 Å². The fourth-order valence-corrected chi connectivity index (χ4v) is 3.33. The Morgan fingerprint density at radius 1 is 1.29 bits per heavy atom. The molecule has 1 aromatic heterocycles. The van der Waals surface area contributed by atoms with E-state index in [1.54, 1.807) is 20.8 Å². The number of hydrogen-bond donors (Lipinski definition) is 1. The fraction of sp³-hybridized carbons (Fsp3) is 0.667. The van der Waals surface area contributed by atoms with Crippen LogP contribution in [0.3, 0.4) is 0 Å². The van der Waals surface area contributed by atoms with Crippen molar-refractivity contribution in [2.45, 2.75) is 59.0 Å². The zero-order valence-electron chi connectivity index (χ0n) is 12.8. The summed E-state index contributed by atoms with van der Waals surface area (Å²) in [6, 6.07) is 0. The Kier molecular flexibility index (Phi) is 5.33. The summed E-state index contributed by atoms with van der Waals surface area (Å²) in [7, 11) is 0. The third kappa shape index (κ3) is 4.27. The minimum atomic E-state index is -0.377. The molecular weight excluding hydrogens is 288 g/mol. The summed E-state index contributed by atoms with van der Waals surface area (Å²) >= 11 is 1.18. The zero-order chi connectivity index (χ0) is 15.4. The predicted molar refractivity (Wildman–Crippen MR) is 82.6 cm³/mol. The van der Waals surface area contributed by atoms with Crippen LogP contribution in [-0.2, 0) is 9.53 Å². The number of nitrogens with one attached hydrogen (secondary N) is 1. The number of aryl methyl sites for hydroxylation is 1. The number of amides is 1. The quantitative estimate of drug-likeness (QED) is 0.864. The molecule has 0 saturated heterocycles. The summed E-state index contributed by atoms with van der Waals surface area (Å²) in [6.07, 6.45) is 5.16. The van der Waals surface area contributed by atoms with Crippen molar-refractivity contribution in [1.29, 1.82) is 0 Å². The van der Waals surface area contributed by atoms with Crippen LogP contribution in [0.1, 0.15) is 61.3 Å².